The summed E-state index contributed by atoms with van der Waals surface area (Å²) in [6, 6.07) is 0. The van der Waals surface area contributed by atoms with Crippen molar-refractivity contribution in [1.82, 2.24) is 15.0 Å². The Bertz CT molecular complexity index is 389. The predicted molar refractivity (Wildman–Crippen MR) is 53.9 cm³/mol. The topological polar surface area (TPSA) is 98.6 Å². The van der Waals surface area contributed by atoms with Gasteiger partial charge in [0.15, 0.2) is 0 Å². The Balaban J connectivity index is 0.000000292. The Morgan fingerprint density at radius 3 is 1.29 bits per heavy atom. The van der Waals surface area contributed by atoms with Crippen LogP contribution in [0.25, 0.3) is 0 Å². The van der Waals surface area contributed by atoms with Crippen molar-refractivity contribution in [2.75, 3.05) is 0 Å². The van der Waals surface area contributed by atoms with Gasteiger partial charge >= 0.3 is 17.1 Å². The number of hydrogen-bond donors (Lipinski definition) is 3. The molecule has 0 amide bonds. The van der Waals surface area contributed by atoms with Crippen molar-refractivity contribution >= 4 is 34.8 Å². The van der Waals surface area contributed by atoms with E-state index in [2.05, 4.69) is 0 Å². The maximum Gasteiger partial charge on any atom is 0.330 e. The first-order valence-electron chi connectivity index (χ1n) is 3.00. The smallest absolute Gasteiger partial charge is 0.259 e. The monoisotopic (exact) mass is 259 g/mol. The molecule has 0 aromatic carbocycles. The lowest BCUT2D eigenvalue weighted by atomic mass is 11.0. The second-order valence-electron chi connectivity index (χ2n) is 1.76. The highest BCUT2D eigenvalue weighted by Gasteiger charge is 1.85. The van der Waals surface area contributed by atoms with Crippen LogP contribution in [0.2, 0.25) is 0 Å². The average molecular weight is 260 g/mol. The molecule has 0 saturated heterocycles. The van der Waals surface area contributed by atoms with E-state index >= 15 is 0 Å². The molecule has 0 spiro atoms. The van der Waals surface area contributed by atoms with Crippen molar-refractivity contribution in [3.63, 3.8) is 0 Å². The van der Waals surface area contributed by atoms with Crippen molar-refractivity contribution in [3.05, 3.63) is 41.5 Å². The minimum Gasteiger partial charge on any atom is -0.259 e. The molecular weight excluding hydrogens is 256 g/mol. The van der Waals surface area contributed by atoms with Crippen molar-refractivity contribution in [2.24, 2.45) is 0 Å². The van der Waals surface area contributed by atoms with Crippen LogP contribution >= 0.6 is 34.8 Å². The highest BCUT2D eigenvalue weighted by atomic mass is 35.5. The van der Waals surface area contributed by atoms with Gasteiger partial charge < -0.3 is 0 Å². The first-order valence-corrected chi connectivity index (χ1v) is 4.19. The highest BCUT2D eigenvalue weighted by Crippen LogP contribution is 2.05. The number of nitrogens with one attached hydrogen (secondary N) is 3. The summed E-state index contributed by atoms with van der Waals surface area (Å²) in [5.41, 5.74) is -1.32. The molecule has 0 radical (unpaired) electrons. The molecule has 78 valence electrons. The fraction of sp³-hybridized carbons (Fsp3) is 0. The summed E-state index contributed by atoms with van der Waals surface area (Å²) >= 11 is 14.8. The summed E-state index contributed by atoms with van der Waals surface area (Å²) < 4.78 is 0.0895. The third-order valence-corrected chi connectivity index (χ3v) is 1.42. The van der Waals surface area contributed by atoms with E-state index in [9.17, 15) is 14.4 Å². The predicted octanol–water partition coefficient (Wildman–Crippen LogP) is 0.253. The van der Waals surface area contributed by atoms with Crippen LogP contribution < -0.4 is 17.1 Å². The van der Waals surface area contributed by atoms with Gasteiger partial charge in [-0.2, -0.15) is 0 Å². The first-order chi connectivity index (χ1) is 6.45. The standard InChI is InChI=1S/C3H3N3O3.C2HCl3/c7-1-4-2(8)6-3(9)5-1;3-1-2(4)5/h(H3,4,5,6,7,8,9);1H. The van der Waals surface area contributed by atoms with E-state index in [0.29, 0.717) is 0 Å². The van der Waals surface area contributed by atoms with Gasteiger partial charge in [0, 0.05) is 5.54 Å². The van der Waals surface area contributed by atoms with Crippen LogP contribution in [0.5, 0.6) is 0 Å². The van der Waals surface area contributed by atoms with E-state index in [-0.39, 0.29) is 4.49 Å². The number of hydrogen-bond acceptors (Lipinski definition) is 3. The third kappa shape index (κ3) is 6.53. The Morgan fingerprint density at radius 2 is 1.14 bits per heavy atom. The molecule has 3 N–H and O–H groups in total. The maximum absolute atomic E-state index is 10.2. The molecule has 0 saturated carbocycles. The SMILES string of the molecule is ClC=C(Cl)Cl.O=c1[nH]c(=O)[nH]c(=O)[nH]1. The summed E-state index contributed by atoms with van der Waals surface area (Å²) in [4.78, 5) is 35.9. The molecule has 1 aromatic heterocycles. The highest BCUT2D eigenvalue weighted by molar-refractivity contribution is 6.58. The quantitative estimate of drug-likeness (QED) is 0.623. The molecular formula is C5H4Cl3N3O3. The molecule has 1 heterocycles. The number of aromatic nitrogens is 3. The molecule has 0 aliphatic rings. The summed E-state index contributed by atoms with van der Waals surface area (Å²) in [5, 5.41) is 0. The Kier molecular flexibility index (Phi) is 6.02. The molecule has 0 bridgehead atoms. The fourth-order valence-electron chi connectivity index (χ4n) is 0.403. The van der Waals surface area contributed by atoms with E-state index in [4.69, 9.17) is 34.8 Å². The van der Waals surface area contributed by atoms with Crippen LogP contribution in [-0.4, -0.2) is 15.0 Å². The van der Waals surface area contributed by atoms with Crippen LogP contribution in [0.1, 0.15) is 0 Å². The van der Waals surface area contributed by atoms with Gasteiger partial charge in [-0.25, -0.2) is 14.4 Å². The van der Waals surface area contributed by atoms with Crippen LogP contribution in [0.15, 0.2) is 24.4 Å². The second-order valence-corrected chi connectivity index (χ2v) is 2.99. The van der Waals surface area contributed by atoms with Crippen LogP contribution in [0, 0.1) is 0 Å². The number of aromatic amines is 3. The molecule has 0 fully saturated rings. The van der Waals surface area contributed by atoms with Gasteiger partial charge in [-0.3, -0.25) is 15.0 Å². The van der Waals surface area contributed by atoms with Crippen molar-refractivity contribution in [3.8, 4) is 0 Å². The van der Waals surface area contributed by atoms with Gasteiger partial charge in [0.05, 0.1) is 0 Å². The van der Waals surface area contributed by atoms with E-state index < -0.39 is 17.1 Å². The maximum atomic E-state index is 10.2. The lowest BCUT2D eigenvalue weighted by molar-refractivity contribution is 0.888. The average Bonchev–Trinajstić information content (AvgIpc) is 2.02. The van der Waals surface area contributed by atoms with Gasteiger partial charge in [0.1, 0.15) is 4.49 Å². The zero-order chi connectivity index (χ0) is 11.1. The molecule has 0 atom stereocenters. The summed E-state index contributed by atoms with van der Waals surface area (Å²) in [5.74, 6) is 0. The molecule has 1 aromatic rings. The second kappa shape index (κ2) is 6.47. The lowest BCUT2D eigenvalue weighted by Crippen LogP contribution is -2.34. The van der Waals surface area contributed by atoms with Crippen molar-refractivity contribution in [1.29, 1.82) is 0 Å². The fourth-order valence-corrected chi connectivity index (χ4v) is 0.403. The number of rotatable bonds is 0. The first kappa shape index (κ1) is 13.0. The Hall–Kier alpha value is -0.980. The minimum atomic E-state index is -0.802. The molecule has 14 heavy (non-hydrogen) atoms. The molecule has 0 unspecified atom stereocenters. The normalized spacial score (nSPS) is 8.50. The molecule has 0 aliphatic carbocycles. The lowest BCUT2D eigenvalue weighted by Gasteiger charge is -1.77. The largest absolute Gasteiger partial charge is 0.330 e. The van der Waals surface area contributed by atoms with Gasteiger partial charge in [-0.05, 0) is 0 Å². The minimum absolute atomic E-state index is 0.0895. The summed E-state index contributed by atoms with van der Waals surface area (Å²) in [6.45, 7) is 0. The number of H-pyrrole nitrogens is 3. The zero-order valence-corrected chi connectivity index (χ0v) is 8.70. The summed E-state index contributed by atoms with van der Waals surface area (Å²) in [6.07, 6.45) is 0. The van der Waals surface area contributed by atoms with Crippen molar-refractivity contribution < 1.29 is 0 Å². The Morgan fingerprint density at radius 1 is 0.929 bits per heavy atom. The van der Waals surface area contributed by atoms with Gasteiger partial charge in [-0.1, -0.05) is 34.8 Å². The van der Waals surface area contributed by atoms with Crippen LogP contribution in [0.3, 0.4) is 0 Å². The summed E-state index contributed by atoms with van der Waals surface area (Å²) in [7, 11) is 0. The van der Waals surface area contributed by atoms with E-state index in [1.54, 1.807) is 15.0 Å². The van der Waals surface area contributed by atoms with Crippen LogP contribution in [0.4, 0.5) is 0 Å². The van der Waals surface area contributed by atoms with E-state index in [1.807, 2.05) is 0 Å². The third-order valence-electron chi connectivity index (χ3n) is 0.764. The Labute approximate surface area is 91.5 Å². The molecule has 0 aliphatic heterocycles. The van der Waals surface area contributed by atoms with Crippen LogP contribution in [-0.2, 0) is 0 Å². The zero-order valence-electron chi connectivity index (χ0n) is 6.44. The molecule has 1 rings (SSSR count). The number of halogens is 3. The van der Waals surface area contributed by atoms with Crippen molar-refractivity contribution in [2.45, 2.75) is 0 Å². The van der Waals surface area contributed by atoms with Gasteiger partial charge in [-0.15, -0.1) is 0 Å². The molecule has 9 heteroatoms. The van der Waals surface area contributed by atoms with Gasteiger partial charge in [0.25, 0.3) is 0 Å². The molecule has 6 nitrogen and oxygen atoms in total. The van der Waals surface area contributed by atoms with Gasteiger partial charge in [0.2, 0.25) is 0 Å². The van der Waals surface area contributed by atoms with E-state index in [0.717, 1.165) is 5.54 Å². The van der Waals surface area contributed by atoms with E-state index in [1.165, 1.54) is 0 Å².